The Labute approximate surface area is 160 Å². The first-order chi connectivity index (χ1) is 13.1. The minimum absolute atomic E-state index is 0.0375. The van der Waals surface area contributed by atoms with Gasteiger partial charge in [-0.1, -0.05) is 29.8 Å². The highest BCUT2D eigenvalue weighted by Crippen LogP contribution is 2.26. The van der Waals surface area contributed by atoms with Crippen LogP contribution < -0.4 is 10.9 Å². The van der Waals surface area contributed by atoms with Crippen molar-refractivity contribution in [3.8, 4) is 11.1 Å². The van der Waals surface area contributed by atoms with Crippen molar-refractivity contribution < 1.29 is 4.79 Å². The van der Waals surface area contributed by atoms with Crippen LogP contribution in [0.3, 0.4) is 0 Å². The molecule has 0 bridgehead atoms. The zero-order chi connectivity index (χ0) is 18.8. The van der Waals surface area contributed by atoms with E-state index in [4.69, 9.17) is 11.6 Å². The van der Waals surface area contributed by atoms with Crippen molar-refractivity contribution in [1.82, 2.24) is 20.5 Å². The van der Waals surface area contributed by atoms with E-state index in [2.05, 4.69) is 20.5 Å². The van der Waals surface area contributed by atoms with Crippen molar-refractivity contribution in [3.05, 3.63) is 81.5 Å². The average Bonchev–Trinajstić information content (AvgIpc) is 3.32. The maximum Gasteiger partial charge on any atom is 0.256 e. The Morgan fingerprint density at radius 1 is 1.15 bits per heavy atom. The first-order valence-electron chi connectivity index (χ1n) is 8.60. The van der Waals surface area contributed by atoms with E-state index in [0.29, 0.717) is 22.7 Å². The summed E-state index contributed by atoms with van der Waals surface area (Å²) < 4.78 is 0. The number of nitrogens with one attached hydrogen (secondary N) is 3. The molecule has 1 atom stereocenters. The Kier molecular flexibility index (Phi) is 4.64. The Morgan fingerprint density at radius 3 is 2.59 bits per heavy atom. The molecule has 0 unspecified atom stereocenters. The second kappa shape index (κ2) is 7.25. The molecule has 1 fully saturated rings. The molecule has 7 heteroatoms. The maximum absolute atomic E-state index is 12.6. The Bertz CT molecular complexity index is 1050. The number of nitrogens with zero attached hydrogens (tertiary/aromatic N) is 1. The zero-order valence-electron chi connectivity index (χ0n) is 14.3. The lowest BCUT2D eigenvalue weighted by Crippen LogP contribution is -2.23. The fourth-order valence-corrected chi connectivity index (χ4v) is 3.32. The van der Waals surface area contributed by atoms with Crippen LogP contribution >= 0.6 is 11.6 Å². The average molecular weight is 381 g/mol. The van der Waals surface area contributed by atoms with E-state index in [9.17, 15) is 9.59 Å². The van der Waals surface area contributed by atoms with Crippen molar-refractivity contribution in [2.24, 2.45) is 0 Å². The fraction of sp³-hybridized carbons (Fsp3) is 0.150. The minimum Gasteiger partial charge on any atom is -0.350 e. The van der Waals surface area contributed by atoms with Gasteiger partial charge in [-0.25, -0.2) is 0 Å². The molecule has 2 aromatic heterocycles. The third-order valence-electron chi connectivity index (χ3n) is 4.56. The van der Waals surface area contributed by atoms with Gasteiger partial charge in [0.1, 0.15) is 0 Å². The topological polar surface area (TPSA) is 90.6 Å². The maximum atomic E-state index is 12.6. The van der Waals surface area contributed by atoms with Crippen LogP contribution in [0.15, 0.2) is 59.7 Å². The number of carbonyl (C=O) groups is 1. The molecule has 136 valence electrons. The third kappa shape index (κ3) is 3.71. The van der Waals surface area contributed by atoms with Crippen LogP contribution in [0.1, 0.15) is 24.1 Å². The molecule has 1 aromatic carbocycles. The molecule has 3 N–H and O–H groups in total. The Morgan fingerprint density at radius 2 is 1.96 bits per heavy atom. The van der Waals surface area contributed by atoms with Crippen LogP contribution in [-0.2, 0) is 4.79 Å². The molecule has 1 aliphatic heterocycles. The summed E-state index contributed by atoms with van der Waals surface area (Å²) in [7, 11) is 0. The van der Waals surface area contributed by atoms with E-state index in [1.807, 2.05) is 24.3 Å². The van der Waals surface area contributed by atoms with Crippen LogP contribution in [0, 0.1) is 0 Å². The summed E-state index contributed by atoms with van der Waals surface area (Å²) in [6.07, 6.45) is 6.50. The van der Waals surface area contributed by atoms with Crippen molar-refractivity contribution in [2.75, 3.05) is 0 Å². The molecule has 0 spiro atoms. The number of carbonyl (C=O) groups excluding carboxylic acids is 1. The number of pyridine rings is 1. The number of aromatic nitrogens is 3. The highest BCUT2D eigenvalue weighted by molar-refractivity contribution is 6.30. The van der Waals surface area contributed by atoms with Gasteiger partial charge < -0.3 is 10.3 Å². The summed E-state index contributed by atoms with van der Waals surface area (Å²) in [6, 6.07) is 11.0. The molecule has 4 rings (SSSR count). The van der Waals surface area contributed by atoms with E-state index < -0.39 is 0 Å². The first kappa shape index (κ1) is 17.3. The lowest BCUT2D eigenvalue weighted by atomic mass is 9.98. The van der Waals surface area contributed by atoms with Gasteiger partial charge in [0.25, 0.3) is 5.56 Å². The lowest BCUT2D eigenvalue weighted by Gasteiger charge is -2.13. The molecule has 1 aliphatic rings. The highest BCUT2D eigenvalue weighted by atomic mass is 35.5. The van der Waals surface area contributed by atoms with Gasteiger partial charge in [-0.2, -0.15) is 5.10 Å². The molecule has 3 heterocycles. The first-order valence-corrected chi connectivity index (χ1v) is 8.98. The number of halogens is 1. The molecule has 27 heavy (non-hydrogen) atoms. The molecule has 0 radical (unpaired) electrons. The van der Waals surface area contributed by atoms with Crippen LogP contribution in [0.25, 0.3) is 16.7 Å². The summed E-state index contributed by atoms with van der Waals surface area (Å²) in [5, 5.41) is 10.2. The van der Waals surface area contributed by atoms with Crippen LogP contribution in [0.2, 0.25) is 5.02 Å². The predicted octanol–water partition coefficient (Wildman–Crippen LogP) is 3.13. The van der Waals surface area contributed by atoms with Crippen LogP contribution in [0.5, 0.6) is 0 Å². The summed E-state index contributed by atoms with van der Waals surface area (Å²) in [5.41, 5.74) is 3.49. The molecule has 1 saturated heterocycles. The molecular formula is C20H17ClN4O2. The number of hydrogen-bond donors (Lipinski definition) is 3. The SMILES string of the molecule is O=C1CC[C@H](C=C(c2ccc(Cl)cc2)c2ccc(-c3cn[nH]c3)c(=O)[nH]2)N1. The normalized spacial score (nSPS) is 17.1. The van der Waals surface area contributed by atoms with Gasteiger partial charge >= 0.3 is 0 Å². The van der Waals surface area contributed by atoms with E-state index in [1.165, 1.54) is 0 Å². The lowest BCUT2D eigenvalue weighted by molar-refractivity contribution is -0.119. The van der Waals surface area contributed by atoms with Crippen molar-refractivity contribution in [3.63, 3.8) is 0 Å². The van der Waals surface area contributed by atoms with E-state index in [1.54, 1.807) is 30.6 Å². The van der Waals surface area contributed by atoms with Crippen molar-refractivity contribution >= 4 is 23.1 Å². The summed E-state index contributed by atoms with van der Waals surface area (Å²) >= 11 is 6.01. The highest BCUT2D eigenvalue weighted by Gasteiger charge is 2.20. The van der Waals surface area contributed by atoms with Crippen molar-refractivity contribution in [1.29, 1.82) is 0 Å². The number of rotatable bonds is 4. The Balaban J connectivity index is 1.77. The number of aromatic amines is 2. The smallest absolute Gasteiger partial charge is 0.256 e. The standard InChI is InChI=1S/C20H17ClN4O2/c21-14-3-1-12(2-4-14)17(9-15-5-8-19(26)24-15)18-7-6-16(20(27)25-18)13-10-22-23-11-13/h1-4,6-7,9-11,15H,5,8H2,(H,22,23)(H,24,26)(H,25,27)/t15-/m1/s1. The molecule has 0 saturated carbocycles. The quantitative estimate of drug-likeness (QED) is 0.649. The predicted molar refractivity (Wildman–Crippen MR) is 104 cm³/mol. The largest absolute Gasteiger partial charge is 0.350 e. The number of H-pyrrole nitrogens is 2. The number of benzene rings is 1. The fourth-order valence-electron chi connectivity index (χ4n) is 3.19. The van der Waals surface area contributed by atoms with Gasteiger partial charge in [0, 0.05) is 40.5 Å². The van der Waals surface area contributed by atoms with E-state index in [-0.39, 0.29) is 17.5 Å². The van der Waals surface area contributed by atoms with Gasteiger partial charge in [0.15, 0.2) is 0 Å². The van der Waals surface area contributed by atoms with Gasteiger partial charge in [0.05, 0.1) is 11.8 Å². The second-order valence-electron chi connectivity index (χ2n) is 6.40. The molecular weight excluding hydrogens is 364 g/mol. The Hall–Kier alpha value is -3.12. The third-order valence-corrected chi connectivity index (χ3v) is 4.81. The molecule has 6 nitrogen and oxygen atoms in total. The van der Waals surface area contributed by atoms with Crippen molar-refractivity contribution in [2.45, 2.75) is 18.9 Å². The minimum atomic E-state index is -0.204. The monoisotopic (exact) mass is 380 g/mol. The number of amides is 1. The van der Waals surface area contributed by atoms with Crippen LogP contribution in [-0.4, -0.2) is 27.1 Å². The van der Waals surface area contributed by atoms with Gasteiger partial charge in [-0.3, -0.25) is 14.7 Å². The van der Waals surface area contributed by atoms with Gasteiger partial charge in [-0.05, 0) is 36.2 Å². The van der Waals surface area contributed by atoms with E-state index in [0.717, 1.165) is 23.1 Å². The van der Waals surface area contributed by atoms with E-state index >= 15 is 0 Å². The van der Waals surface area contributed by atoms with Gasteiger partial charge in [-0.15, -0.1) is 0 Å². The van der Waals surface area contributed by atoms with Crippen LogP contribution in [0.4, 0.5) is 0 Å². The summed E-state index contributed by atoms with van der Waals surface area (Å²) in [5.74, 6) is 0.0375. The van der Waals surface area contributed by atoms with Gasteiger partial charge in [0.2, 0.25) is 5.91 Å². The second-order valence-corrected chi connectivity index (χ2v) is 6.84. The zero-order valence-corrected chi connectivity index (χ0v) is 15.1. The molecule has 3 aromatic rings. The summed E-state index contributed by atoms with van der Waals surface area (Å²) in [4.78, 5) is 27.1. The summed E-state index contributed by atoms with van der Waals surface area (Å²) in [6.45, 7) is 0. The number of hydrogen-bond acceptors (Lipinski definition) is 3. The molecule has 1 amide bonds. The molecule has 0 aliphatic carbocycles.